The van der Waals surface area contributed by atoms with Gasteiger partial charge < -0.3 is 10.4 Å². The van der Waals surface area contributed by atoms with Crippen molar-refractivity contribution < 1.29 is 9.90 Å². The van der Waals surface area contributed by atoms with Crippen LogP contribution in [0.1, 0.15) is 35.2 Å². The molecule has 1 aromatic rings. The van der Waals surface area contributed by atoms with E-state index in [1.165, 1.54) is 0 Å². The molecule has 1 fully saturated rings. The van der Waals surface area contributed by atoms with Gasteiger partial charge in [0.05, 0.1) is 0 Å². The van der Waals surface area contributed by atoms with Gasteiger partial charge in [0.1, 0.15) is 0 Å². The fourth-order valence-electron chi connectivity index (χ4n) is 2.57. The van der Waals surface area contributed by atoms with E-state index in [0.717, 1.165) is 24.8 Å². The lowest BCUT2D eigenvalue weighted by Gasteiger charge is -2.19. The number of halogens is 1. The summed E-state index contributed by atoms with van der Waals surface area (Å²) in [6.07, 6.45) is 3.00. The van der Waals surface area contributed by atoms with Gasteiger partial charge in [-0.05, 0) is 43.5 Å². The summed E-state index contributed by atoms with van der Waals surface area (Å²) in [7, 11) is 0. The van der Waals surface area contributed by atoms with Gasteiger partial charge in [-0.1, -0.05) is 18.0 Å². The Hall–Kier alpha value is -1.06. The highest BCUT2D eigenvalue weighted by molar-refractivity contribution is 6.30. The Balaban J connectivity index is 2.07. The van der Waals surface area contributed by atoms with E-state index in [0.29, 0.717) is 10.6 Å². The molecule has 1 amide bonds. The van der Waals surface area contributed by atoms with E-state index < -0.39 is 0 Å². The van der Waals surface area contributed by atoms with Gasteiger partial charge in [-0.25, -0.2) is 0 Å². The maximum atomic E-state index is 12.2. The topological polar surface area (TPSA) is 49.3 Å². The standard InChI is InChI=1S/C14H18ClNO2/c1-9-7-11(15)5-6-12(9)14(18)16-13-4-2-3-10(13)8-17/h5-7,10,13,17H,2-4,8H2,1H3,(H,16,18). The average molecular weight is 268 g/mol. The molecule has 18 heavy (non-hydrogen) atoms. The molecule has 0 saturated heterocycles. The van der Waals surface area contributed by atoms with Crippen molar-refractivity contribution in [2.24, 2.45) is 5.92 Å². The second-order valence-electron chi connectivity index (χ2n) is 4.91. The fraction of sp³-hybridized carbons (Fsp3) is 0.500. The van der Waals surface area contributed by atoms with Crippen LogP contribution in [-0.2, 0) is 0 Å². The van der Waals surface area contributed by atoms with Crippen LogP contribution in [-0.4, -0.2) is 23.7 Å². The van der Waals surface area contributed by atoms with E-state index in [1.54, 1.807) is 18.2 Å². The van der Waals surface area contributed by atoms with Crippen molar-refractivity contribution >= 4 is 17.5 Å². The van der Waals surface area contributed by atoms with Gasteiger partial charge in [0.25, 0.3) is 5.91 Å². The van der Waals surface area contributed by atoms with Crippen LogP contribution < -0.4 is 5.32 Å². The molecule has 0 radical (unpaired) electrons. The predicted molar refractivity (Wildman–Crippen MR) is 71.9 cm³/mol. The van der Waals surface area contributed by atoms with E-state index in [1.807, 2.05) is 6.92 Å². The Bertz CT molecular complexity index is 447. The van der Waals surface area contributed by atoms with E-state index in [4.69, 9.17) is 11.6 Å². The molecule has 1 saturated carbocycles. The summed E-state index contributed by atoms with van der Waals surface area (Å²) in [5, 5.41) is 12.9. The highest BCUT2D eigenvalue weighted by Gasteiger charge is 2.28. The lowest BCUT2D eigenvalue weighted by molar-refractivity contribution is 0.0915. The second-order valence-corrected chi connectivity index (χ2v) is 5.35. The van der Waals surface area contributed by atoms with E-state index in [9.17, 15) is 9.90 Å². The van der Waals surface area contributed by atoms with E-state index >= 15 is 0 Å². The first kappa shape index (κ1) is 13.4. The molecule has 1 aromatic carbocycles. The number of aliphatic hydroxyl groups excluding tert-OH is 1. The SMILES string of the molecule is Cc1cc(Cl)ccc1C(=O)NC1CCCC1CO. The number of carbonyl (C=O) groups excluding carboxylic acids is 1. The number of amides is 1. The molecule has 0 spiro atoms. The third kappa shape index (κ3) is 2.85. The van der Waals surface area contributed by atoms with Gasteiger partial charge in [0.2, 0.25) is 0 Å². The summed E-state index contributed by atoms with van der Waals surface area (Å²) in [5.41, 5.74) is 1.53. The molecule has 0 bridgehead atoms. The maximum absolute atomic E-state index is 12.2. The number of hydrogen-bond acceptors (Lipinski definition) is 2. The first-order valence-electron chi connectivity index (χ1n) is 6.29. The van der Waals surface area contributed by atoms with Gasteiger partial charge >= 0.3 is 0 Å². The highest BCUT2D eigenvalue weighted by Crippen LogP contribution is 2.25. The van der Waals surface area contributed by atoms with Crippen molar-refractivity contribution in [2.45, 2.75) is 32.2 Å². The van der Waals surface area contributed by atoms with Crippen LogP contribution >= 0.6 is 11.6 Å². The summed E-state index contributed by atoms with van der Waals surface area (Å²) in [6.45, 7) is 2.02. The molecule has 1 aliphatic carbocycles. The molecular weight excluding hydrogens is 250 g/mol. The maximum Gasteiger partial charge on any atom is 0.251 e. The van der Waals surface area contributed by atoms with Crippen molar-refractivity contribution in [3.63, 3.8) is 0 Å². The molecule has 1 aliphatic rings. The molecular formula is C14H18ClNO2. The van der Waals surface area contributed by atoms with Crippen LogP contribution in [0.5, 0.6) is 0 Å². The normalized spacial score (nSPS) is 23.1. The second kappa shape index (κ2) is 5.72. The fourth-order valence-corrected chi connectivity index (χ4v) is 2.80. The van der Waals surface area contributed by atoms with Crippen LogP contribution in [0.2, 0.25) is 5.02 Å². The molecule has 0 heterocycles. The third-order valence-corrected chi connectivity index (χ3v) is 3.88. The Labute approximate surface area is 112 Å². The first-order valence-corrected chi connectivity index (χ1v) is 6.67. The van der Waals surface area contributed by atoms with Crippen molar-refractivity contribution in [3.8, 4) is 0 Å². The molecule has 2 N–H and O–H groups in total. The van der Waals surface area contributed by atoms with Crippen LogP contribution in [0.25, 0.3) is 0 Å². The van der Waals surface area contributed by atoms with Gasteiger partial charge in [0, 0.05) is 29.2 Å². The summed E-state index contributed by atoms with van der Waals surface area (Å²) in [5.74, 6) is 0.121. The minimum absolute atomic E-state index is 0.0745. The monoisotopic (exact) mass is 267 g/mol. The van der Waals surface area contributed by atoms with Gasteiger partial charge in [-0.3, -0.25) is 4.79 Å². The molecule has 4 heteroatoms. The number of carbonyl (C=O) groups is 1. The minimum atomic E-state index is -0.0745. The van der Waals surface area contributed by atoms with Crippen LogP contribution in [0.4, 0.5) is 0 Å². The largest absolute Gasteiger partial charge is 0.396 e. The van der Waals surface area contributed by atoms with Crippen LogP contribution in [0, 0.1) is 12.8 Å². The zero-order valence-corrected chi connectivity index (χ0v) is 11.2. The Morgan fingerprint density at radius 3 is 2.94 bits per heavy atom. The lowest BCUT2D eigenvalue weighted by atomic mass is 10.0. The number of hydrogen-bond donors (Lipinski definition) is 2. The lowest BCUT2D eigenvalue weighted by Crippen LogP contribution is -2.38. The highest BCUT2D eigenvalue weighted by atomic mass is 35.5. The van der Waals surface area contributed by atoms with E-state index in [2.05, 4.69) is 5.32 Å². The zero-order chi connectivity index (χ0) is 13.1. The van der Waals surface area contributed by atoms with Crippen molar-refractivity contribution in [2.75, 3.05) is 6.61 Å². The van der Waals surface area contributed by atoms with Gasteiger partial charge in [-0.2, -0.15) is 0 Å². The Morgan fingerprint density at radius 2 is 2.28 bits per heavy atom. The number of benzene rings is 1. The third-order valence-electron chi connectivity index (χ3n) is 3.64. The Kier molecular flexibility index (Phi) is 4.25. The quantitative estimate of drug-likeness (QED) is 0.884. The van der Waals surface area contributed by atoms with Crippen molar-refractivity contribution in [1.29, 1.82) is 0 Å². The summed E-state index contributed by atoms with van der Waals surface area (Å²) in [6, 6.07) is 5.35. The van der Waals surface area contributed by atoms with Crippen molar-refractivity contribution in [1.82, 2.24) is 5.32 Å². The van der Waals surface area contributed by atoms with Crippen LogP contribution in [0.3, 0.4) is 0 Å². The predicted octanol–water partition coefficient (Wildman–Crippen LogP) is 2.54. The molecule has 2 rings (SSSR count). The van der Waals surface area contributed by atoms with Crippen molar-refractivity contribution in [3.05, 3.63) is 34.3 Å². The summed E-state index contributed by atoms with van der Waals surface area (Å²) < 4.78 is 0. The van der Waals surface area contributed by atoms with Gasteiger partial charge in [0.15, 0.2) is 0 Å². The minimum Gasteiger partial charge on any atom is -0.396 e. The molecule has 0 aliphatic heterocycles. The summed E-state index contributed by atoms with van der Waals surface area (Å²) in [4.78, 5) is 12.2. The van der Waals surface area contributed by atoms with E-state index in [-0.39, 0.29) is 24.5 Å². The molecule has 3 nitrogen and oxygen atoms in total. The number of aliphatic hydroxyl groups is 1. The number of rotatable bonds is 3. The summed E-state index contributed by atoms with van der Waals surface area (Å²) >= 11 is 5.87. The zero-order valence-electron chi connectivity index (χ0n) is 10.4. The molecule has 2 atom stereocenters. The number of aryl methyl sites for hydroxylation is 1. The molecule has 0 aromatic heterocycles. The first-order chi connectivity index (χ1) is 8.61. The smallest absolute Gasteiger partial charge is 0.251 e. The Morgan fingerprint density at radius 1 is 1.50 bits per heavy atom. The molecule has 2 unspecified atom stereocenters. The van der Waals surface area contributed by atoms with Crippen LogP contribution in [0.15, 0.2) is 18.2 Å². The van der Waals surface area contributed by atoms with Gasteiger partial charge in [-0.15, -0.1) is 0 Å². The number of nitrogens with one attached hydrogen (secondary N) is 1. The molecule has 98 valence electrons. The average Bonchev–Trinajstić information content (AvgIpc) is 2.76.